The second-order valence-electron chi connectivity index (χ2n) is 1.99. The Hall–Kier alpha value is -0.100. The van der Waals surface area contributed by atoms with E-state index in [4.69, 9.17) is 33.9 Å². The second kappa shape index (κ2) is 3.57. The molecule has 0 saturated carbocycles. The Kier molecular flexibility index (Phi) is 3.01. The SMILES string of the molecule is O=S(=O)(Cl)c1cc(F)c(Cl)nc1Cl. The third kappa shape index (κ3) is 2.43. The summed E-state index contributed by atoms with van der Waals surface area (Å²) in [5, 5.41) is -0.963. The zero-order valence-electron chi connectivity index (χ0n) is 5.76. The average molecular weight is 264 g/mol. The molecule has 1 aromatic heterocycles. The van der Waals surface area contributed by atoms with Crippen LogP contribution in [0, 0.1) is 5.82 Å². The van der Waals surface area contributed by atoms with Crippen LogP contribution in [0.2, 0.25) is 10.3 Å². The highest BCUT2D eigenvalue weighted by molar-refractivity contribution is 8.13. The number of pyridine rings is 1. The molecule has 13 heavy (non-hydrogen) atoms. The van der Waals surface area contributed by atoms with Crippen molar-refractivity contribution < 1.29 is 12.8 Å². The van der Waals surface area contributed by atoms with E-state index < -0.39 is 30.1 Å². The van der Waals surface area contributed by atoms with Crippen LogP contribution in [0.4, 0.5) is 4.39 Å². The van der Waals surface area contributed by atoms with Crippen molar-refractivity contribution in [1.82, 2.24) is 4.98 Å². The molecule has 0 aliphatic rings. The topological polar surface area (TPSA) is 47.0 Å². The number of hydrogen-bond acceptors (Lipinski definition) is 3. The third-order valence-electron chi connectivity index (χ3n) is 1.12. The fraction of sp³-hybridized carbons (Fsp3) is 0. The van der Waals surface area contributed by atoms with Crippen LogP contribution in [0.5, 0.6) is 0 Å². The van der Waals surface area contributed by atoms with Gasteiger partial charge in [-0.1, -0.05) is 23.2 Å². The molecule has 0 bridgehead atoms. The molecule has 0 spiro atoms. The predicted molar refractivity (Wildman–Crippen MR) is 47.3 cm³/mol. The van der Waals surface area contributed by atoms with E-state index in [9.17, 15) is 12.8 Å². The molecular formula is C5HCl3FNO2S. The molecule has 0 aliphatic heterocycles. The van der Waals surface area contributed by atoms with Gasteiger partial charge in [-0.05, 0) is 0 Å². The Morgan fingerprint density at radius 3 is 2.31 bits per heavy atom. The van der Waals surface area contributed by atoms with Gasteiger partial charge >= 0.3 is 0 Å². The first-order valence-electron chi connectivity index (χ1n) is 2.78. The van der Waals surface area contributed by atoms with Gasteiger partial charge in [0.05, 0.1) is 0 Å². The van der Waals surface area contributed by atoms with E-state index >= 15 is 0 Å². The Bertz CT molecular complexity index is 447. The molecule has 3 nitrogen and oxygen atoms in total. The highest BCUT2D eigenvalue weighted by atomic mass is 35.7. The molecule has 0 aliphatic carbocycles. The minimum absolute atomic E-state index is 0.457. The van der Waals surface area contributed by atoms with Crippen molar-refractivity contribution in [3.05, 3.63) is 22.2 Å². The van der Waals surface area contributed by atoms with E-state index in [1.165, 1.54) is 0 Å². The number of halogens is 4. The fourth-order valence-electron chi connectivity index (χ4n) is 0.600. The largest absolute Gasteiger partial charge is 0.264 e. The van der Waals surface area contributed by atoms with Crippen molar-refractivity contribution in [2.45, 2.75) is 4.90 Å². The first kappa shape index (κ1) is 11.0. The van der Waals surface area contributed by atoms with Crippen molar-refractivity contribution >= 4 is 42.9 Å². The minimum atomic E-state index is -4.09. The molecule has 1 heterocycles. The number of aromatic nitrogens is 1. The zero-order chi connectivity index (χ0) is 10.2. The summed E-state index contributed by atoms with van der Waals surface area (Å²) < 4.78 is 34.2. The van der Waals surface area contributed by atoms with Crippen LogP contribution in [-0.4, -0.2) is 13.4 Å². The minimum Gasteiger partial charge on any atom is -0.220 e. The maximum Gasteiger partial charge on any atom is 0.264 e. The summed E-state index contributed by atoms with van der Waals surface area (Å²) in [6.07, 6.45) is 0. The van der Waals surface area contributed by atoms with Gasteiger partial charge in [-0.3, -0.25) is 0 Å². The highest BCUT2D eigenvalue weighted by Gasteiger charge is 2.18. The summed E-state index contributed by atoms with van der Waals surface area (Å²) in [5.41, 5.74) is 0. The monoisotopic (exact) mass is 263 g/mol. The van der Waals surface area contributed by atoms with Crippen molar-refractivity contribution in [1.29, 1.82) is 0 Å². The average Bonchev–Trinajstić information content (AvgIpc) is 1.94. The molecule has 0 fully saturated rings. The molecule has 0 N–H and O–H groups in total. The summed E-state index contributed by atoms with van der Waals surface area (Å²) in [4.78, 5) is 2.63. The lowest BCUT2D eigenvalue weighted by molar-refractivity contribution is 0.599. The van der Waals surface area contributed by atoms with E-state index in [1.807, 2.05) is 0 Å². The lowest BCUT2D eigenvalue weighted by Crippen LogP contribution is -1.96. The Morgan fingerprint density at radius 2 is 1.85 bits per heavy atom. The third-order valence-corrected chi connectivity index (χ3v) is 3.12. The van der Waals surface area contributed by atoms with Gasteiger partial charge in [0.2, 0.25) is 0 Å². The normalized spacial score (nSPS) is 11.7. The van der Waals surface area contributed by atoms with Crippen LogP contribution in [-0.2, 0) is 9.05 Å². The van der Waals surface area contributed by atoms with Crippen LogP contribution in [0.1, 0.15) is 0 Å². The van der Waals surface area contributed by atoms with Gasteiger partial charge in [-0.15, -0.1) is 0 Å². The second-order valence-corrected chi connectivity index (χ2v) is 5.24. The van der Waals surface area contributed by atoms with Crippen LogP contribution in [0.15, 0.2) is 11.0 Å². The molecule has 72 valence electrons. The molecule has 0 amide bonds. The highest BCUT2D eigenvalue weighted by Crippen LogP contribution is 2.26. The maximum atomic E-state index is 12.7. The summed E-state index contributed by atoms with van der Waals surface area (Å²) in [5.74, 6) is -0.995. The lowest BCUT2D eigenvalue weighted by Gasteiger charge is -1.99. The molecule has 0 saturated heterocycles. The molecule has 1 rings (SSSR count). The van der Waals surface area contributed by atoms with Gasteiger partial charge in [0, 0.05) is 16.7 Å². The summed E-state index contributed by atoms with van der Waals surface area (Å²) in [7, 11) is 0.833. The standard InChI is InChI=1S/C5HCl3FNO2S/c6-4-2(9)1-3(5(7)10-4)13(8,11)12/h1H. The van der Waals surface area contributed by atoms with E-state index in [0.717, 1.165) is 0 Å². The van der Waals surface area contributed by atoms with Gasteiger partial charge in [-0.2, -0.15) is 0 Å². The molecule has 1 aromatic rings. The van der Waals surface area contributed by atoms with Crippen LogP contribution in [0.25, 0.3) is 0 Å². The van der Waals surface area contributed by atoms with Gasteiger partial charge in [0.15, 0.2) is 16.1 Å². The summed E-state index contributed by atoms with van der Waals surface area (Å²) in [6, 6.07) is 0.611. The molecule has 0 atom stereocenters. The molecule has 8 heteroatoms. The first-order valence-corrected chi connectivity index (χ1v) is 5.85. The van der Waals surface area contributed by atoms with Crippen molar-refractivity contribution in [2.24, 2.45) is 0 Å². The summed E-state index contributed by atoms with van der Waals surface area (Å²) >= 11 is 10.6. The molecule has 0 radical (unpaired) electrons. The van der Waals surface area contributed by atoms with Crippen LogP contribution in [0.3, 0.4) is 0 Å². The smallest absolute Gasteiger partial charge is 0.220 e. The predicted octanol–water partition coefficient (Wildman–Crippen LogP) is 2.46. The number of nitrogens with zero attached hydrogens (tertiary/aromatic N) is 1. The number of rotatable bonds is 1. The van der Waals surface area contributed by atoms with Gasteiger partial charge in [-0.25, -0.2) is 17.8 Å². The maximum absolute atomic E-state index is 12.7. The quantitative estimate of drug-likeness (QED) is 0.578. The Morgan fingerprint density at radius 1 is 1.31 bits per heavy atom. The van der Waals surface area contributed by atoms with E-state index in [1.54, 1.807) is 0 Å². The summed E-state index contributed by atoms with van der Waals surface area (Å²) in [6.45, 7) is 0. The van der Waals surface area contributed by atoms with Gasteiger partial charge in [0.25, 0.3) is 9.05 Å². The van der Waals surface area contributed by atoms with Crippen molar-refractivity contribution in [2.75, 3.05) is 0 Å². The fourth-order valence-corrected chi connectivity index (χ4v) is 2.19. The van der Waals surface area contributed by atoms with Crippen molar-refractivity contribution in [3.8, 4) is 0 Å². The van der Waals surface area contributed by atoms with Crippen molar-refractivity contribution in [3.63, 3.8) is 0 Å². The Balaban J connectivity index is 3.50. The molecule has 0 unspecified atom stereocenters. The van der Waals surface area contributed by atoms with Gasteiger partial charge < -0.3 is 0 Å². The van der Waals surface area contributed by atoms with Crippen LogP contribution >= 0.6 is 33.9 Å². The van der Waals surface area contributed by atoms with E-state index in [-0.39, 0.29) is 0 Å². The van der Waals surface area contributed by atoms with Gasteiger partial charge in [0.1, 0.15) is 4.90 Å². The van der Waals surface area contributed by atoms with E-state index in [0.29, 0.717) is 6.07 Å². The number of hydrogen-bond donors (Lipinski definition) is 0. The molecular weight excluding hydrogens is 263 g/mol. The van der Waals surface area contributed by atoms with Crippen LogP contribution < -0.4 is 0 Å². The van der Waals surface area contributed by atoms with E-state index in [2.05, 4.69) is 4.98 Å². The first-order chi connectivity index (χ1) is 5.82. The Labute approximate surface area is 87.9 Å². The lowest BCUT2D eigenvalue weighted by atomic mass is 10.5. The zero-order valence-corrected chi connectivity index (χ0v) is 8.85. The molecule has 0 aromatic carbocycles.